The van der Waals surface area contributed by atoms with E-state index >= 15 is 0 Å². The van der Waals surface area contributed by atoms with E-state index in [1.54, 1.807) is 22.9 Å². The number of nitrogens with zero attached hydrogens (tertiary/aromatic N) is 6. The van der Waals surface area contributed by atoms with Crippen LogP contribution in [0.3, 0.4) is 0 Å². The number of aliphatic imine (C=N–C) groups is 1. The van der Waals surface area contributed by atoms with Crippen LogP contribution in [0.4, 0.5) is 0 Å². The molecule has 1 amide bonds. The van der Waals surface area contributed by atoms with Gasteiger partial charge in [0.05, 0.1) is 28.7 Å². The van der Waals surface area contributed by atoms with Gasteiger partial charge in [0.15, 0.2) is 5.17 Å². The Labute approximate surface area is 273 Å². The monoisotopic (exact) mass is 654 g/mol. The van der Waals surface area contributed by atoms with Crippen molar-refractivity contribution >= 4 is 38.9 Å². The molecule has 3 aliphatic rings. The summed E-state index contributed by atoms with van der Waals surface area (Å²) in [6.45, 7) is 5.64. The molecule has 0 unspecified atom stereocenters. The predicted octanol–water partition coefficient (Wildman–Crippen LogP) is 4.35. The smallest absolute Gasteiger partial charge is 0.286 e. The maximum absolute atomic E-state index is 13.5. The van der Waals surface area contributed by atoms with Crippen LogP contribution in [0.1, 0.15) is 11.1 Å². The van der Waals surface area contributed by atoms with E-state index in [1.165, 1.54) is 21.6 Å². The van der Waals surface area contributed by atoms with Crippen LogP contribution in [0, 0.1) is 0 Å². The summed E-state index contributed by atoms with van der Waals surface area (Å²) < 4.78 is 35.5. The number of carbonyl (C=O) groups is 1. The van der Waals surface area contributed by atoms with Crippen molar-refractivity contribution in [1.82, 2.24) is 23.9 Å². The van der Waals surface area contributed by atoms with Crippen LogP contribution in [0.5, 0.6) is 0 Å². The highest BCUT2D eigenvalue weighted by Gasteiger charge is 2.30. The Hall–Kier alpha value is -4.07. The van der Waals surface area contributed by atoms with Crippen molar-refractivity contribution in [2.75, 3.05) is 52.5 Å². The average Bonchev–Trinajstić information content (AvgIpc) is 3.70. The Kier molecular flexibility index (Phi) is 8.87. The standard InChI is InChI=1S/C34H34N6O4S2/c41-33-31(45-34(35-33)38-16-14-37(15-17-38)24-26-8-3-1-4-9-26)23-28-25-40(29-11-5-2-6-12-29)36-32(28)27-10-7-13-30(22-27)46(42,43)39-18-20-44-21-19-39/h1-13,22-23,25H,14-21,24H2. The molecular formula is C34H34N6O4S2. The predicted molar refractivity (Wildman–Crippen MR) is 180 cm³/mol. The van der Waals surface area contributed by atoms with Crippen LogP contribution >= 0.6 is 11.8 Å². The molecule has 0 saturated carbocycles. The molecule has 4 heterocycles. The number of thioether (sulfide) groups is 1. The summed E-state index contributed by atoms with van der Waals surface area (Å²) >= 11 is 1.38. The molecule has 3 aromatic carbocycles. The number of rotatable bonds is 7. The van der Waals surface area contributed by atoms with Gasteiger partial charge in [-0.1, -0.05) is 60.7 Å². The lowest BCUT2D eigenvalue weighted by molar-refractivity contribution is -0.113. The number of morpholine rings is 1. The third-order valence-electron chi connectivity index (χ3n) is 8.27. The molecule has 1 aromatic heterocycles. The summed E-state index contributed by atoms with van der Waals surface area (Å²) in [5.41, 5.74) is 4.06. The van der Waals surface area contributed by atoms with Gasteiger partial charge in [-0.05, 0) is 47.7 Å². The molecule has 0 bridgehead atoms. The minimum Gasteiger partial charge on any atom is -0.379 e. The molecule has 7 rings (SSSR count). The molecular weight excluding hydrogens is 621 g/mol. The van der Waals surface area contributed by atoms with Crippen LogP contribution in [0.15, 0.2) is 106 Å². The third-order valence-corrected chi connectivity index (χ3v) is 11.2. The number of ether oxygens (including phenoxy) is 1. The fourth-order valence-electron chi connectivity index (χ4n) is 5.78. The Bertz CT molecular complexity index is 1880. The van der Waals surface area contributed by atoms with E-state index < -0.39 is 10.0 Å². The van der Waals surface area contributed by atoms with Crippen molar-refractivity contribution in [2.45, 2.75) is 11.4 Å². The Morgan fingerprint density at radius 1 is 0.848 bits per heavy atom. The van der Waals surface area contributed by atoms with Crippen LogP contribution < -0.4 is 0 Å². The molecule has 236 valence electrons. The van der Waals surface area contributed by atoms with Crippen molar-refractivity contribution in [3.05, 3.63) is 107 Å². The van der Waals surface area contributed by atoms with Gasteiger partial charge in [-0.25, -0.2) is 13.1 Å². The summed E-state index contributed by atoms with van der Waals surface area (Å²) in [6.07, 6.45) is 3.69. The number of hydrogen-bond acceptors (Lipinski definition) is 8. The first-order valence-corrected chi connectivity index (χ1v) is 17.6. The molecule has 2 saturated heterocycles. The second kappa shape index (κ2) is 13.3. The molecule has 0 radical (unpaired) electrons. The van der Waals surface area contributed by atoms with Gasteiger partial charge < -0.3 is 9.64 Å². The lowest BCUT2D eigenvalue weighted by Crippen LogP contribution is -2.47. The minimum absolute atomic E-state index is 0.197. The van der Waals surface area contributed by atoms with Crippen LogP contribution in [0.2, 0.25) is 0 Å². The molecule has 0 aliphatic carbocycles. The van der Waals surface area contributed by atoms with Crippen molar-refractivity contribution in [1.29, 1.82) is 0 Å². The lowest BCUT2D eigenvalue weighted by Gasteiger charge is -2.35. The first-order valence-electron chi connectivity index (χ1n) is 15.3. The van der Waals surface area contributed by atoms with Crippen molar-refractivity contribution in [2.24, 2.45) is 4.99 Å². The van der Waals surface area contributed by atoms with Crippen molar-refractivity contribution < 1.29 is 17.9 Å². The number of sulfonamides is 1. The fourth-order valence-corrected chi connectivity index (χ4v) is 8.19. The second-order valence-corrected chi connectivity index (χ2v) is 14.3. The molecule has 0 atom stereocenters. The first kappa shape index (κ1) is 30.6. The van der Waals surface area contributed by atoms with Gasteiger partial charge in [-0.15, -0.1) is 0 Å². The zero-order valence-corrected chi connectivity index (χ0v) is 26.9. The number of amides is 1. The zero-order valence-electron chi connectivity index (χ0n) is 25.2. The van der Waals surface area contributed by atoms with Gasteiger partial charge in [0.1, 0.15) is 5.69 Å². The molecule has 10 nitrogen and oxygen atoms in total. The van der Waals surface area contributed by atoms with E-state index in [1.807, 2.05) is 54.7 Å². The fraction of sp³-hybridized carbons (Fsp3) is 0.265. The van der Waals surface area contributed by atoms with E-state index in [0.717, 1.165) is 38.4 Å². The quantitative estimate of drug-likeness (QED) is 0.272. The van der Waals surface area contributed by atoms with Gasteiger partial charge >= 0.3 is 0 Å². The maximum Gasteiger partial charge on any atom is 0.286 e. The summed E-state index contributed by atoms with van der Waals surface area (Å²) in [5, 5.41) is 5.59. The van der Waals surface area contributed by atoms with E-state index in [4.69, 9.17) is 9.84 Å². The summed E-state index contributed by atoms with van der Waals surface area (Å²) in [5.74, 6) is -0.284. The summed E-state index contributed by atoms with van der Waals surface area (Å²) in [4.78, 5) is 22.9. The third kappa shape index (κ3) is 6.58. The van der Waals surface area contributed by atoms with Gasteiger partial charge in [0.25, 0.3) is 5.91 Å². The lowest BCUT2D eigenvalue weighted by atomic mass is 10.1. The van der Waals surface area contributed by atoms with Crippen LogP contribution in [-0.2, 0) is 26.1 Å². The van der Waals surface area contributed by atoms with E-state index in [0.29, 0.717) is 53.2 Å². The topological polar surface area (TPSA) is 100 Å². The van der Waals surface area contributed by atoms with E-state index in [-0.39, 0.29) is 10.8 Å². The molecule has 4 aromatic rings. The average molecular weight is 655 g/mol. The minimum atomic E-state index is -3.71. The van der Waals surface area contributed by atoms with Gasteiger partial charge in [0, 0.05) is 63.1 Å². The normalized spacial score (nSPS) is 19.1. The van der Waals surface area contributed by atoms with Crippen molar-refractivity contribution in [3.8, 4) is 16.9 Å². The SMILES string of the molecule is O=C1N=C(N2CCN(Cc3ccccc3)CC2)SC1=Cc1cn(-c2ccccc2)nc1-c1cccc(S(=O)(=O)N2CCOCC2)c1. The van der Waals surface area contributed by atoms with Gasteiger partial charge in [-0.3, -0.25) is 9.69 Å². The Balaban J connectivity index is 1.14. The second-order valence-electron chi connectivity index (χ2n) is 11.3. The number of hydrogen-bond donors (Lipinski definition) is 0. The molecule has 0 spiro atoms. The summed E-state index contributed by atoms with van der Waals surface area (Å²) in [6, 6.07) is 27.0. The number of piperazine rings is 1. The Morgan fingerprint density at radius 3 is 2.30 bits per heavy atom. The highest BCUT2D eigenvalue weighted by atomic mass is 32.2. The Morgan fingerprint density at radius 2 is 1.57 bits per heavy atom. The van der Waals surface area contributed by atoms with Crippen molar-refractivity contribution in [3.63, 3.8) is 0 Å². The van der Waals surface area contributed by atoms with Crippen LogP contribution in [0.25, 0.3) is 23.0 Å². The maximum atomic E-state index is 13.5. The highest BCUT2D eigenvalue weighted by Crippen LogP contribution is 2.34. The van der Waals surface area contributed by atoms with Gasteiger partial charge in [0.2, 0.25) is 10.0 Å². The molecule has 2 fully saturated rings. The molecule has 3 aliphatic heterocycles. The number of benzene rings is 3. The van der Waals surface area contributed by atoms with Gasteiger partial charge in [-0.2, -0.15) is 14.4 Å². The first-order chi connectivity index (χ1) is 22.4. The van der Waals surface area contributed by atoms with E-state index in [9.17, 15) is 13.2 Å². The number of aromatic nitrogens is 2. The number of para-hydroxylation sites is 1. The molecule has 12 heteroatoms. The molecule has 46 heavy (non-hydrogen) atoms. The van der Waals surface area contributed by atoms with Crippen LogP contribution in [-0.4, -0.2) is 95.9 Å². The number of amidine groups is 1. The zero-order chi connectivity index (χ0) is 31.5. The largest absolute Gasteiger partial charge is 0.379 e. The van der Waals surface area contributed by atoms with E-state index in [2.05, 4.69) is 39.1 Å². The number of carbonyl (C=O) groups excluding carboxylic acids is 1. The summed E-state index contributed by atoms with van der Waals surface area (Å²) in [7, 11) is -3.71. The highest BCUT2D eigenvalue weighted by molar-refractivity contribution is 8.18. The molecule has 0 N–H and O–H groups in total.